The number of nitrogens with one attached hydrogen (secondary N) is 1. The van der Waals surface area contributed by atoms with Crippen molar-refractivity contribution >= 4 is 11.7 Å². The number of anilines is 1. The monoisotopic (exact) mass is 329 g/mol. The van der Waals surface area contributed by atoms with E-state index >= 15 is 0 Å². The minimum Gasteiger partial charge on any atom is -0.497 e. The summed E-state index contributed by atoms with van der Waals surface area (Å²) < 4.78 is 12.7. The van der Waals surface area contributed by atoms with Crippen LogP contribution in [0.1, 0.15) is 38.6 Å². The van der Waals surface area contributed by atoms with Crippen LogP contribution in [0.4, 0.5) is 5.82 Å². The molecule has 1 amide bonds. The van der Waals surface area contributed by atoms with Gasteiger partial charge in [0.2, 0.25) is 0 Å². The van der Waals surface area contributed by atoms with Crippen molar-refractivity contribution < 1.29 is 14.3 Å². The lowest BCUT2D eigenvalue weighted by Gasteiger charge is -2.18. The number of amides is 1. The highest BCUT2D eigenvalue weighted by atomic mass is 16.5. The van der Waals surface area contributed by atoms with Gasteiger partial charge in [0, 0.05) is 6.07 Å². The van der Waals surface area contributed by atoms with E-state index in [-0.39, 0.29) is 5.91 Å². The maximum absolute atomic E-state index is 12.4. The SMILES string of the molecule is COc1ccc(O[C@H](C)C(=O)Nc2ccnn2C2CCCC2)cc1. The molecule has 1 saturated carbocycles. The van der Waals surface area contributed by atoms with Gasteiger partial charge in [-0.1, -0.05) is 12.8 Å². The minimum atomic E-state index is -0.606. The molecular weight excluding hydrogens is 306 g/mol. The molecule has 0 unspecified atom stereocenters. The van der Waals surface area contributed by atoms with Gasteiger partial charge in [-0.05, 0) is 44.0 Å². The second-order valence-electron chi connectivity index (χ2n) is 6.02. The van der Waals surface area contributed by atoms with Crippen molar-refractivity contribution in [2.24, 2.45) is 0 Å². The molecule has 0 bridgehead atoms. The zero-order valence-corrected chi connectivity index (χ0v) is 14.1. The Morgan fingerprint density at radius 1 is 1.21 bits per heavy atom. The zero-order valence-electron chi connectivity index (χ0n) is 14.1. The fraction of sp³-hybridized carbons (Fsp3) is 0.444. The van der Waals surface area contributed by atoms with E-state index in [0.717, 1.165) is 24.4 Å². The molecule has 1 N–H and O–H groups in total. The van der Waals surface area contributed by atoms with Crippen LogP contribution in [-0.2, 0) is 4.79 Å². The summed E-state index contributed by atoms with van der Waals surface area (Å²) >= 11 is 0. The lowest BCUT2D eigenvalue weighted by Crippen LogP contribution is -2.31. The first kappa shape index (κ1) is 16.4. The highest BCUT2D eigenvalue weighted by molar-refractivity contribution is 5.93. The van der Waals surface area contributed by atoms with E-state index in [0.29, 0.717) is 11.8 Å². The summed E-state index contributed by atoms with van der Waals surface area (Å²) in [5.74, 6) is 1.92. The number of nitrogens with zero attached hydrogens (tertiary/aromatic N) is 2. The molecule has 1 aromatic carbocycles. The van der Waals surface area contributed by atoms with E-state index in [9.17, 15) is 4.79 Å². The average Bonchev–Trinajstić information content (AvgIpc) is 3.26. The summed E-state index contributed by atoms with van der Waals surface area (Å²) in [6.45, 7) is 1.73. The fourth-order valence-electron chi connectivity index (χ4n) is 2.99. The van der Waals surface area contributed by atoms with Crippen molar-refractivity contribution in [2.75, 3.05) is 12.4 Å². The number of hydrogen-bond acceptors (Lipinski definition) is 4. The highest BCUT2D eigenvalue weighted by Crippen LogP contribution is 2.31. The molecule has 2 aromatic rings. The summed E-state index contributed by atoms with van der Waals surface area (Å²) in [5, 5.41) is 7.28. The molecule has 0 saturated heterocycles. The third kappa shape index (κ3) is 3.69. The van der Waals surface area contributed by atoms with Gasteiger partial charge in [-0.25, -0.2) is 4.68 Å². The third-order valence-electron chi connectivity index (χ3n) is 4.33. The number of ether oxygens (including phenoxy) is 2. The fourth-order valence-corrected chi connectivity index (χ4v) is 2.99. The summed E-state index contributed by atoms with van der Waals surface area (Å²) in [7, 11) is 1.61. The quantitative estimate of drug-likeness (QED) is 0.882. The second kappa shape index (κ2) is 7.38. The molecular formula is C18H23N3O3. The molecule has 1 aliphatic carbocycles. The number of hydrogen-bond donors (Lipinski definition) is 1. The standard InChI is InChI=1S/C18H23N3O3/c1-13(24-16-9-7-15(23-2)8-10-16)18(22)20-17-11-12-19-21(17)14-5-3-4-6-14/h7-14H,3-6H2,1-2H3,(H,20,22)/t13-/m1/s1. The van der Waals surface area contributed by atoms with Gasteiger partial charge in [-0.2, -0.15) is 5.10 Å². The van der Waals surface area contributed by atoms with Crippen molar-refractivity contribution in [1.29, 1.82) is 0 Å². The molecule has 6 heteroatoms. The molecule has 0 radical (unpaired) electrons. The Morgan fingerprint density at radius 3 is 2.54 bits per heavy atom. The second-order valence-corrected chi connectivity index (χ2v) is 6.02. The topological polar surface area (TPSA) is 65.4 Å². The predicted molar refractivity (Wildman–Crippen MR) is 91.4 cm³/mol. The Bertz CT molecular complexity index is 675. The van der Waals surface area contributed by atoms with Crippen LogP contribution in [0, 0.1) is 0 Å². The summed E-state index contributed by atoms with van der Waals surface area (Å²) in [4.78, 5) is 12.4. The molecule has 0 aliphatic heterocycles. The van der Waals surface area contributed by atoms with Crippen molar-refractivity contribution in [3.63, 3.8) is 0 Å². The Kier molecular flexibility index (Phi) is 5.03. The van der Waals surface area contributed by atoms with Crippen LogP contribution in [0.2, 0.25) is 0 Å². The molecule has 3 rings (SSSR count). The van der Waals surface area contributed by atoms with Crippen LogP contribution in [0.15, 0.2) is 36.5 Å². The van der Waals surface area contributed by atoms with Gasteiger partial charge in [0.25, 0.3) is 5.91 Å². The first-order chi connectivity index (χ1) is 11.7. The van der Waals surface area contributed by atoms with Crippen molar-refractivity contribution in [1.82, 2.24) is 9.78 Å². The lowest BCUT2D eigenvalue weighted by molar-refractivity contribution is -0.122. The van der Waals surface area contributed by atoms with Crippen LogP contribution in [0.3, 0.4) is 0 Å². The third-order valence-corrected chi connectivity index (χ3v) is 4.33. The van der Waals surface area contributed by atoms with Crippen LogP contribution in [-0.4, -0.2) is 28.9 Å². The van der Waals surface area contributed by atoms with Crippen molar-refractivity contribution in [3.8, 4) is 11.5 Å². The number of carbonyl (C=O) groups is 1. The van der Waals surface area contributed by atoms with Crippen molar-refractivity contribution in [3.05, 3.63) is 36.5 Å². The van der Waals surface area contributed by atoms with Gasteiger partial charge in [0.05, 0.1) is 19.3 Å². The van der Waals surface area contributed by atoms with E-state index in [1.165, 1.54) is 12.8 Å². The number of methoxy groups -OCH3 is 1. The Morgan fingerprint density at radius 2 is 1.88 bits per heavy atom. The molecule has 6 nitrogen and oxygen atoms in total. The summed E-state index contributed by atoms with van der Waals surface area (Å²) in [6.07, 6.45) is 5.78. The van der Waals surface area contributed by atoms with Crippen molar-refractivity contribution in [2.45, 2.75) is 44.8 Å². The highest BCUT2D eigenvalue weighted by Gasteiger charge is 2.22. The number of aromatic nitrogens is 2. The Labute approximate surface area is 141 Å². The van der Waals surface area contributed by atoms with Gasteiger partial charge in [0.1, 0.15) is 17.3 Å². The maximum Gasteiger partial charge on any atom is 0.266 e. The van der Waals surface area contributed by atoms with E-state index in [4.69, 9.17) is 9.47 Å². The predicted octanol–water partition coefficient (Wildman–Crippen LogP) is 3.41. The number of rotatable bonds is 6. The van der Waals surface area contributed by atoms with Gasteiger partial charge in [-0.3, -0.25) is 4.79 Å². The van der Waals surface area contributed by atoms with Crippen LogP contribution < -0.4 is 14.8 Å². The molecule has 1 heterocycles. The molecule has 0 spiro atoms. The van der Waals surface area contributed by atoms with Gasteiger partial charge in [-0.15, -0.1) is 0 Å². The van der Waals surface area contributed by atoms with Gasteiger partial charge >= 0.3 is 0 Å². The Hall–Kier alpha value is -2.50. The number of benzene rings is 1. The normalized spacial score (nSPS) is 15.9. The molecule has 1 aromatic heterocycles. The summed E-state index contributed by atoms with van der Waals surface area (Å²) in [6, 6.07) is 9.38. The van der Waals surface area contributed by atoms with Crippen LogP contribution in [0.5, 0.6) is 11.5 Å². The average molecular weight is 329 g/mol. The lowest BCUT2D eigenvalue weighted by atomic mass is 10.2. The maximum atomic E-state index is 12.4. The summed E-state index contributed by atoms with van der Waals surface area (Å²) in [5.41, 5.74) is 0. The first-order valence-electron chi connectivity index (χ1n) is 8.32. The molecule has 128 valence electrons. The Balaban J connectivity index is 1.60. The minimum absolute atomic E-state index is 0.189. The molecule has 1 aliphatic rings. The van der Waals surface area contributed by atoms with E-state index in [1.54, 1.807) is 44.5 Å². The van der Waals surface area contributed by atoms with E-state index < -0.39 is 6.10 Å². The van der Waals surface area contributed by atoms with Crippen LogP contribution in [0.25, 0.3) is 0 Å². The number of carbonyl (C=O) groups excluding carboxylic acids is 1. The smallest absolute Gasteiger partial charge is 0.266 e. The molecule has 24 heavy (non-hydrogen) atoms. The van der Waals surface area contributed by atoms with Gasteiger partial charge in [0.15, 0.2) is 6.10 Å². The van der Waals surface area contributed by atoms with Crippen LogP contribution >= 0.6 is 0 Å². The zero-order chi connectivity index (χ0) is 16.9. The largest absolute Gasteiger partial charge is 0.497 e. The molecule has 1 atom stereocenters. The van der Waals surface area contributed by atoms with E-state index in [1.807, 2.05) is 10.7 Å². The molecule has 1 fully saturated rings. The first-order valence-corrected chi connectivity index (χ1v) is 8.32. The van der Waals surface area contributed by atoms with E-state index in [2.05, 4.69) is 10.4 Å². The van der Waals surface area contributed by atoms with Gasteiger partial charge < -0.3 is 14.8 Å².